The van der Waals surface area contributed by atoms with Gasteiger partial charge in [0.2, 0.25) is 0 Å². The van der Waals surface area contributed by atoms with Gasteiger partial charge in [0.15, 0.2) is 0 Å². The van der Waals surface area contributed by atoms with Gasteiger partial charge < -0.3 is 10.6 Å². The second-order valence-electron chi connectivity index (χ2n) is 6.48. The summed E-state index contributed by atoms with van der Waals surface area (Å²) >= 11 is 1.79. The standard InChI is InChI=1S/C19H24FN3OS/c20-18-8-2-1-6-16(18)12-22-19(24)21-11-15-5-3-9-23(13-15)14-17-7-4-10-25-17/h1-2,4,6-8,10,15H,3,5,9,11-14H2,(H2,21,22,24). The van der Waals surface area contributed by atoms with Crippen LogP contribution in [0.25, 0.3) is 0 Å². The Morgan fingerprint density at radius 3 is 2.92 bits per heavy atom. The van der Waals surface area contributed by atoms with Gasteiger partial charge in [-0.3, -0.25) is 4.90 Å². The van der Waals surface area contributed by atoms with E-state index in [2.05, 4.69) is 33.0 Å². The highest BCUT2D eigenvalue weighted by molar-refractivity contribution is 7.09. The first kappa shape index (κ1) is 17.9. The van der Waals surface area contributed by atoms with E-state index in [1.54, 1.807) is 29.5 Å². The topological polar surface area (TPSA) is 44.4 Å². The molecule has 0 bridgehead atoms. The van der Waals surface area contributed by atoms with Crippen LogP contribution in [-0.2, 0) is 13.1 Å². The smallest absolute Gasteiger partial charge is 0.315 e. The molecule has 6 heteroatoms. The minimum atomic E-state index is -0.292. The van der Waals surface area contributed by atoms with Crippen LogP contribution in [-0.4, -0.2) is 30.6 Å². The predicted molar refractivity (Wildman–Crippen MR) is 99.0 cm³/mol. The number of nitrogens with zero attached hydrogens (tertiary/aromatic N) is 1. The first-order valence-electron chi connectivity index (χ1n) is 8.70. The largest absolute Gasteiger partial charge is 0.338 e. The Labute approximate surface area is 152 Å². The summed E-state index contributed by atoms with van der Waals surface area (Å²) < 4.78 is 13.5. The monoisotopic (exact) mass is 361 g/mol. The first-order valence-corrected chi connectivity index (χ1v) is 9.58. The third kappa shape index (κ3) is 5.54. The summed E-state index contributed by atoms with van der Waals surface area (Å²) in [5, 5.41) is 7.76. The van der Waals surface area contributed by atoms with Crippen LogP contribution in [0.1, 0.15) is 23.3 Å². The van der Waals surface area contributed by atoms with Crippen LogP contribution in [0, 0.1) is 11.7 Å². The van der Waals surface area contributed by atoms with E-state index in [0.717, 1.165) is 32.5 Å². The molecule has 0 aliphatic carbocycles. The van der Waals surface area contributed by atoms with E-state index < -0.39 is 0 Å². The minimum absolute atomic E-state index is 0.202. The highest BCUT2D eigenvalue weighted by atomic mass is 32.1. The van der Waals surface area contributed by atoms with Crippen molar-refractivity contribution < 1.29 is 9.18 Å². The van der Waals surface area contributed by atoms with Gasteiger partial charge in [0.1, 0.15) is 5.82 Å². The van der Waals surface area contributed by atoms with E-state index in [0.29, 0.717) is 18.0 Å². The zero-order valence-corrected chi connectivity index (χ0v) is 15.0. The molecule has 2 heterocycles. The molecular formula is C19H24FN3OS. The molecule has 2 amide bonds. The van der Waals surface area contributed by atoms with Crippen molar-refractivity contribution in [3.63, 3.8) is 0 Å². The number of piperidine rings is 1. The third-order valence-corrected chi connectivity index (χ3v) is 5.37. The van der Waals surface area contributed by atoms with Gasteiger partial charge in [-0.2, -0.15) is 0 Å². The lowest BCUT2D eigenvalue weighted by molar-refractivity contribution is 0.166. The molecule has 134 valence electrons. The number of carbonyl (C=O) groups is 1. The Balaban J connectivity index is 1.38. The molecule has 1 unspecified atom stereocenters. The van der Waals surface area contributed by atoms with E-state index in [4.69, 9.17) is 0 Å². The second-order valence-corrected chi connectivity index (χ2v) is 7.51. The first-order chi connectivity index (χ1) is 12.2. The van der Waals surface area contributed by atoms with Gasteiger partial charge in [0.25, 0.3) is 0 Å². The number of urea groups is 1. The zero-order valence-electron chi connectivity index (χ0n) is 14.2. The highest BCUT2D eigenvalue weighted by Gasteiger charge is 2.20. The van der Waals surface area contributed by atoms with E-state index >= 15 is 0 Å². The maximum Gasteiger partial charge on any atom is 0.315 e. The van der Waals surface area contributed by atoms with Crippen LogP contribution >= 0.6 is 11.3 Å². The molecule has 1 aliphatic rings. The van der Waals surface area contributed by atoms with Crippen molar-refractivity contribution in [2.45, 2.75) is 25.9 Å². The number of carbonyl (C=O) groups excluding carboxylic acids is 1. The molecule has 3 rings (SSSR count). The molecule has 0 saturated carbocycles. The quantitative estimate of drug-likeness (QED) is 0.826. The Hall–Kier alpha value is -1.92. The molecular weight excluding hydrogens is 337 g/mol. The summed E-state index contributed by atoms with van der Waals surface area (Å²) in [6, 6.07) is 10.5. The number of nitrogens with one attached hydrogen (secondary N) is 2. The van der Waals surface area contributed by atoms with Crippen molar-refractivity contribution in [3.05, 3.63) is 58.0 Å². The SMILES string of the molecule is O=C(NCc1ccccc1F)NCC1CCCN(Cc2cccs2)C1. The molecule has 1 aromatic heterocycles. The number of benzene rings is 1. The molecule has 0 radical (unpaired) electrons. The van der Waals surface area contributed by atoms with Crippen molar-refractivity contribution in [2.75, 3.05) is 19.6 Å². The lowest BCUT2D eigenvalue weighted by Crippen LogP contribution is -2.43. The van der Waals surface area contributed by atoms with Crippen LogP contribution in [0.4, 0.5) is 9.18 Å². The van der Waals surface area contributed by atoms with Gasteiger partial charge in [0, 0.05) is 36.6 Å². The number of thiophene rings is 1. The average Bonchev–Trinajstić information content (AvgIpc) is 3.12. The molecule has 1 aliphatic heterocycles. The molecule has 2 N–H and O–H groups in total. The average molecular weight is 361 g/mol. The molecule has 1 fully saturated rings. The van der Waals surface area contributed by atoms with Gasteiger partial charge in [-0.15, -0.1) is 11.3 Å². The number of amides is 2. The number of halogens is 1. The summed E-state index contributed by atoms with van der Waals surface area (Å²) in [4.78, 5) is 15.8. The van der Waals surface area contributed by atoms with E-state index in [-0.39, 0.29) is 18.4 Å². The number of hydrogen-bond donors (Lipinski definition) is 2. The molecule has 4 nitrogen and oxygen atoms in total. The van der Waals surface area contributed by atoms with Crippen LogP contribution < -0.4 is 10.6 Å². The maximum absolute atomic E-state index is 13.5. The van der Waals surface area contributed by atoms with Crippen LogP contribution in [0.5, 0.6) is 0 Å². The molecule has 1 atom stereocenters. The van der Waals surface area contributed by atoms with Crippen molar-refractivity contribution in [1.29, 1.82) is 0 Å². The Morgan fingerprint density at radius 1 is 1.24 bits per heavy atom. The van der Waals surface area contributed by atoms with Crippen molar-refractivity contribution >= 4 is 17.4 Å². The highest BCUT2D eigenvalue weighted by Crippen LogP contribution is 2.19. The lowest BCUT2D eigenvalue weighted by Gasteiger charge is -2.32. The molecule has 1 aromatic carbocycles. The zero-order chi connectivity index (χ0) is 17.5. The summed E-state index contributed by atoms with van der Waals surface area (Å²) in [7, 11) is 0. The van der Waals surface area contributed by atoms with E-state index in [1.807, 2.05) is 0 Å². The van der Waals surface area contributed by atoms with Crippen LogP contribution in [0.2, 0.25) is 0 Å². The summed E-state index contributed by atoms with van der Waals surface area (Å²) in [6.45, 7) is 3.98. The maximum atomic E-state index is 13.5. The molecule has 2 aromatic rings. The van der Waals surface area contributed by atoms with Crippen LogP contribution in [0.15, 0.2) is 41.8 Å². The van der Waals surface area contributed by atoms with Gasteiger partial charge in [-0.25, -0.2) is 9.18 Å². The second kappa shape index (κ2) is 8.97. The number of likely N-dealkylation sites (tertiary alicyclic amines) is 1. The minimum Gasteiger partial charge on any atom is -0.338 e. The van der Waals surface area contributed by atoms with Crippen LogP contribution in [0.3, 0.4) is 0 Å². The molecule has 0 spiro atoms. The van der Waals surface area contributed by atoms with Crippen molar-refractivity contribution in [1.82, 2.24) is 15.5 Å². The van der Waals surface area contributed by atoms with E-state index in [9.17, 15) is 9.18 Å². The fraction of sp³-hybridized carbons (Fsp3) is 0.421. The fourth-order valence-corrected chi connectivity index (χ4v) is 3.95. The number of rotatable bonds is 6. The van der Waals surface area contributed by atoms with Gasteiger partial charge in [-0.05, 0) is 42.8 Å². The third-order valence-electron chi connectivity index (χ3n) is 4.51. The Kier molecular flexibility index (Phi) is 6.42. The predicted octanol–water partition coefficient (Wildman–Crippen LogP) is 3.60. The van der Waals surface area contributed by atoms with Crippen molar-refractivity contribution in [3.8, 4) is 0 Å². The molecule has 25 heavy (non-hydrogen) atoms. The van der Waals surface area contributed by atoms with Gasteiger partial charge in [-0.1, -0.05) is 24.3 Å². The summed E-state index contributed by atoms with van der Waals surface area (Å²) in [5.74, 6) is 0.173. The summed E-state index contributed by atoms with van der Waals surface area (Å²) in [6.07, 6.45) is 2.29. The number of hydrogen-bond acceptors (Lipinski definition) is 3. The Bertz CT molecular complexity index is 677. The van der Waals surface area contributed by atoms with Crippen molar-refractivity contribution in [2.24, 2.45) is 5.92 Å². The fourth-order valence-electron chi connectivity index (χ4n) is 3.20. The van der Waals surface area contributed by atoms with E-state index in [1.165, 1.54) is 10.9 Å². The van der Waals surface area contributed by atoms with Gasteiger partial charge >= 0.3 is 6.03 Å². The van der Waals surface area contributed by atoms with Gasteiger partial charge in [0.05, 0.1) is 0 Å². The molecule has 1 saturated heterocycles. The lowest BCUT2D eigenvalue weighted by atomic mass is 9.98. The normalized spacial score (nSPS) is 18.0. The Morgan fingerprint density at radius 2 is 2.12 bits per heavy atom. The summed E-state index contributed by atoms with van der Waals surface area (Å²) in [5.41, 5.74) is 0.498.